The maximum absolute atomic E-state index is 13.2. The second kappa shape index (κ2) is 8.90. The van der Waals surface area contributed by atoms with Crippen LogP contribution in [0.4, 0.5) is 16.4 Å². The fourth-order valence-corrected chi connectivity index (χ4v) is 4.41. The van der Waals surface area contributed by atoms with Gasteiger partial charge in [-0.15, -0.1) is 0 Å². The molecule has 0 bridgehead atoms. The third kappa shape index (κ3) is 4.64. The Morgan fingerprint density at radius 1 is 1.03 bits per heavy atom. The minimum atomic E-state index is -0.628. The number of carbonyl (C=O) groups excluding carboxylic acids is 2. The van der Waals surface area contributed by atoms with Gasteiger partial charge in [0.1, 0.15) is 0 Å². The zero-order valence-electron chi connectivity index (χ0n) is 18.2. The van der Waals surface area contributed by atoms with Crippen molar-refractivity contribution in [2.24, 2.45) is 0 Å². The Kier molecular flexibility index (Phi) is 5.64. The maximum atomic E-state index is 13.2. The van der Waals surface area contributed by atoms with Crippen molar-refractivity contribution in [1.29, 1.82) is 0 Å². The summed E-state index contributed by atoms with van der Waals surface area (Å²) >= 11 is 0. The van der Waals surface area contributed by atoms with Crippen LogP contribution in [0.25, 0.3) is 0 Å². The molecule has 2 aromatic carbocycles. The summed E-state index contributed by atoms with van der Waals surface area (Å²) in [4.78, 5) is 37.5. The summed E-state index contributed by atoms with van der Waals surface area (Å²) in [6.07, 6.45) is 4.43. The summed E-state index contributed by atoms with van der Waals surface area (Å²) in [5.74, 6) is 0.388. The van der Waals surface area contributed by atoms with Crippen molar-refractivity contribution in [2.45, 2.75) is 18.4 Å². The van der Waals surface area contributed by atoms with Crippen LogP contribution in [-0.4, -0.2) is 63.5 Å². The molecule has 8 nitrogen and oxygen atoms in total. The van der Waals surface area contributed by atoms with Crippen molar-refractivity contribution in [3.05, 3.63) is 84.2 Å². The van der Waals surface area contributed by atoms with Crippen LogP contribution in [-0.2, 0) is 11.2 Å². The van der Waals surface area contributed by atoms with Crippen LogP contribution in [0.15, 0.2) is 73.1 Å². The third-order valence-corrected chi connectivity index (χ3v) is 6.09. The zero-order valence-corrected chi connectivity index (χ0v) is 18.2. The van der Waals surface area contributed by atoms with Crippen LogP contribution in [0.3, 0.4) is 0 Å². The normalized spacial score (nSPS) is 19.7. The van der Waals surface area contributed by atoms with Crippen LogP contribution in [0.2, 0.25) is 0 Å². The Labute approximate surface area is 192 Å². The summed E-state index contributed by atoms with van der Waals surface area (Å²) in [6, 6.07) is 19.1. The van der Waals surface area contributed by atoms with Crippen LogP contribution < -0.4 is 5.32 Å². The van der Waals surface area contributed by atoms with Gasteiger partial charge in [0, 0.05) is 43.2 Å². The highest BCUT2D eigenvalue weighted by Crippen LogP contribution is 2.33. The van der Waals surface area contributed by atoms with E-state index in [4.69, 9.17) is 4.74 Å². The molecule has 0 aliphatic carbocycles. The number of carbonyl (C=O) groups is 2. The topological polar surface area (TPSA) is 87.7 Å². The smallest absolute Gasteiger partial charge is 0.410 e. The van der Waals surface area contributed by atoms with E-state index in [1.165, 1.54) is 5.56 Å². The molecular weight excluding hydrogens is 418 g/mol. The lowest BCUT2D eigenvalue weighted by atomic mass is 10.0. The number of anilines is 2. The van der Waals surface area contributed by atoms with E-state index >= 15 is 0 Å². The molecule has 5 rings (SSSR count). The fourth-order valence-electron chi connectivity index (χ4n) is 4.41. The number of hydrogen-bond acceptors (Lipinski definition) is 6. The SMILES string of the molecule is O=C1O[C@@]2(CCN(C(=O)c3cccc(Nc4ncccn4)c3)C2)CN1CCc1ccccc1. The Morgan fingerprint density at radius 2 is 1.85 bits per heavy atom. The van der Waals surface area contributed by atoms with E-state index in [1.807, 2.05) is 30.3 Å². The van der Waals surface area contributed by atoms with Gasteiger partial charge in [-0.05, 0) is 36.2 Å². The molecule has 1 spiro atoms. The van der Waals surface area contributed by atoms with Crippen LogP contribution >= 0.6 is 0 Å². The third-order valence-electron chi connectivity index (χ3n) is 6.09. The quantitative estimate of drug-likeness (QED) is 0.627. The molecule has 2 aliphatic heterocycles. The molecule has 1 aromatic heterocycles. The first-order chi connectivity index (χ1) is 16.1. The van der Waals surface area contributed by atoms with Gasteiger partial charge >= 0.3 is 6.09 Å². The first kappa shape index (κ1) is 20.9. The number of benzene rings is 2. The van der Waals surface area contributed by atoms with E-state index in [0.717, 1.165) is 12.1 Å². The predicted octanol–water partition coefficient (Wildman–Crippen LogP) is 3.50. The summed E-state index contributed by atoms with van der Waals surface area (Å²) in [5.41, 5.74) is 1.86. The molecule has 2 saturated heterocycles. The van der Waals surface area contributed by atoms with Gasteiger partial charge in [-0.1, -0.05) is 36.4 Å². The van der Waals surface area contributed by atoms with E-state index in [2.05, 4.69) is 27.4 Å². The van der Waals surface area contributed by atoms with Crippen LogP contribution in [0.5, 0.6) is 0 Å². The summed E-state index contributed by atoms with van der Waals surface area (Å²) in [5, 5.41) is 3.11. The Hall–Kier alpha value is -3.94. The molecule has 1 atom stereocenters. The first-order valence-electron chi connectivity index (χ1n) is 11.1. The van der Waals surface area contributed by atoms with Crippen molar-refractivity contribution in [3.63, 3.8) is 0 Å². The maximum Gasteiger partial charge on any atom is 0.410 e. The molecule has 1 N–H and O–H groups in total. The summed E-state index contributed by atoms with van der Waals surface area (Å²) in [6.45, 7) is 2.07. The molecule has 2 aliphatic rings. The molecule has 3 aromatic rings. The largest absolute Gasteiger partial charge is 0.439 e. The minimum Gasteiger partial charge on any atom is -0.439 e. The molecule has 0 radical (unpaired) electrons. The van der Waals surface area contributed by atoms with E-state index in [-0.39, 0.29) is 12.0 Å². The molecule has 8 heteroatoms. The summed E-state index contributed by atoms with van der Waals surface area (Å²) in [7, 11) is 0. The van der Waals surface area contributed by atoms with E-state index in [1.54, 1.807) is 40.4 Å². The van der Waals surface area contributed by atoms with Gasteiger partial charge in [0.05, 0.1) is 13.1 Å². The number of aromatic nitrogens is 2. The Morgan fingerprint density at radius 3 is 2.67 bits per heavy atom. The molecular formula is C25H25N5O3. The number of amides is 2. The van der Waals surface area contributed by atoms with Crippen molar-refractivity contribution >= 4 is 23.6 Å². The predicted molar refractivity (Wildman–Crippen MR) is 123 cm³/mol. The Balaban J connectivity index is 1.21. The van der Waals surface area contributed by atoms with Crippen molar-refractivity contribution in [3.8, 4) is 0 Å². The number of nitrogens with zero attached hydrogens (tertiary/aromatic N) is 4. The molecule has 2 amide bonds. The van der Waals surface area contributed by atoms with Crippen molar-refractivity contribution < 1.29 is 14.3 Å². The highest BCUT2D eigenvalue weighted by molar-refractivity contribution is 5.95. The van der Waals surface area contributed by atoms with Crippen LogP contribution in [0, 0.1) is 0 Å². The van der Waals surface area contributed by atoms with Gasteiger partial charge < -0.3 is 19.9 Å². The Bertz CT molecular complexity index is 1140. The average molecular weight is 444 g/mol. The lowest BCUT2D eigenvalue weighted by Gasteiger charge is -2.22. The average Bonchev–Trinajstić information content (AvgIpc) is 3.40. The lowest BCUT2D eigenvalue weighted by molar-refractivity contribution is 0.0553. The molecule has 33 heavy (non-hydrogen) atoms. The van der Waals surface area contributed by atoms with Gasteiger partial charge in [0.15, 0.2) is 5.60 Å². The summed E-state index contributed by atoms with van der Waals surface area (Å²) < 4.78 is 5.79. The monoisotopic (exact) mass is 443 g/mol. The molecule has 2 fully saturated rings. The van der Waals surface area contributed by atoms with Gasteiger partial charge in [-0.25, -0.2) is 14.8 Å². The number of rotatable bonds is 6. The second-order valence-corrected chi connectivity index (χ2v) is 8.46. The molecule has 0 unspecified atom stereocenters. The lowest BCUT2D eigenvalue weighted by Crippen LogP contribution is -2.39. The standard InChI is InChI=1S/C25H25N5O3/c31-22(20-8-4-9-21(16-20)28-23-26-12-5-13-27-23)29-15-11-25(17-29)18-30(24(32)33-25)14-10-19-6-2-1-3-7-19/h1-9,12-13,16H,10-11,14-15,17-18H2,(H,26,27,28)/t25-/m1/s1. The number of ether oxygens (including phenoxy) is 1. The highest BCUT2D eigenvalue weighted by Gasteiger charge is 2.50. The van der Waals surface area contributed by atoms with Gasteiger partial charge in [-0.2, -0.15) is 0 Å². The highest BCUT2D eigenvalue weighted by atomic mass is 16.6. The van der Waals surface area contributed by atoms with Gasteiger partial charge in [-0.3, -0.25) is 4.79 Å². The molecule has 168 valence electrons. The van der Waals surface area contributed by atoms with E-state index in [0.29, 0.717) is 44.1 Å². The van der Waals surface area contributed by atoms with Crippen LogP contribution in [0.1, 0.15) is 22.3 Å². The number of likely N-dealkylation sites (tertiary alicyclic amines) is 1. The van der Waals surface area contributed by atoms with Gasteiger partial charge in [0.25, 0.3) is 5.91 Å². The number of hydrogen-bond donors (Lipinski definition) is 1. The van der Waals surface area contributed by atoms with E-state index < -0.39 is 5.60 Å². The number of nitrogens with one attached hydrogen (secondary N) is 1. The fraction of sp³-hybridized carbons (Fsp3) is 0.280. The zero-order chi connectivity index (χ0) is 22.7. The van der Waals surface area contributed by atoms with Crippen molar-refractivity contribution in [1.82, 2.24) is 19.8 Å². The molecule has 0 saturated carbocycles. The van der Waals surface area contributed by atoms with E-state index in [9.17, 15) is 9.59 Å². The minimum absolute atomic E-state index is 0.0803. The van der Waals surface area contributed by atoms with Gasteiger partial charge in [0.2, 0.25) is 5.95 Å². The second-order valence-electron chi connectivity index (χ2n) is 8.46. The van der Waals surface area contributed by atoms with Crippen molar-refractivity contribution in [2.75, 3.05) is 31.5 Å². The molecule has 3 heterocycles. The first-order valence-corrected chi connectivity index (χ1v) is 11.1.